The van der Waals surface area contributed by atoms with Gasteiger partial charge in [0.15, 0.2) is 0 Å². The van der Waals surface area contributed by atoms with Crippen molar-refractivity contribution in [3.63, 3.8) is 0 Å². The third-order valence-corrected chi connectivity index (χ3v) is 10.1. The first-order chi connectivity index (χ1) is 24.3. The molecule has 0 unspecified atom stereocenters. The van der Waals surface area contributed by atoms with E-state index in [-0.39, 0.29) is 0 Å². The van der Waals surface area contributed by atoms with Crippen LogP contribution in [0, 0.1) is 0 Å². The number of hydrogen-bond acceptors (Lipinski definition) is 1. The van der Waals surface area contributed by atoms with Gasteiger partial charge in [-0.1, -0.05) is 158 Å². The van der Waals surface area contributed by atoms with Gasteiger partial charge in [0, 0.05) is 16.2 Å². The summed E-state index contributed by atoms with van der Waals surface area (Å²) in [6.45, 7) is 0. The van der Waals surface area contributed by atoms with E-state index in [4.69, 9.17) is 4.42 Å². The zero-order valence-corrected chi connectivity index (χ0v) is 26.7. The molecular weight excluding hydrogens is 593 g/mol. The van der Waals surface area contributed by atoms with Gasteiger partial charge in [0.25, 0.3) is 0 Å². The summed E-state index contributed by atoms with van der Waals surface area (Å²) >= 11 is 0. The van der Waals surface area contributed by atoms with Crippen molar-refractivity contribution in [2.75, 3.05) is 0 Å². The lowest BCUT2D eigenvalue weighted by Crippen LogP contribution is -1.91. The minimum atomic E-state index is 0.913. The molecule has 0 aliphatic carbocycles. The van der Waals surface area contributed by atoms with Gasteiger partial charge in [0.1, 0.15) is 11.2 Å². The highest BCUT2D eigenvalue weighted by atomic mass is 16.3. The predicted octanol–water partition coefficient (Wildman–Crippen LogP) is 13.7. The molecule has 0 saturated carbocycles. The van der Waals surface area contributed by atoms with Crippen LogP contribution < -0.4 is 0 Å². The molecular formula is C48H30O. The van der Waals surface area contributed by atoms with E-state index in [1.807, 2.05) is 0 Å². The monoisotopic (exact) mass is 622 g/mol. The van der Waals surface area contributed by atoms with Crippen LogP contribution in [0.25, 0.3) is 98.8 Å². The van der Waals surface area contributed by atoms with Crippen LogP contribution in [0.4, 0.5) is 0 Å². The Morgan fingerprint density at radius 3 is 1.49 bits per heavy atom. The molecule has 1 heteroatoms. The van der Waals surface area contributed by atoms with Gasteiger partial charge in [0.2, 0.25) is 0 Å². The second kappa shape index (κ2) is 11.1. The largest absolute Gasteiger partial charge is 0.455 e. The summed E-state index contributed by atoms with van der Waals surface area (Å²) in [4.78, 5) is 0. The first-order valence-electron chi connectivity index (χ1n) is 16.8. The van der Waals surface area contributed by atoms with Gasteiger partial charge in [-0.05, 0) is 95.7 Å². The summed E-state index contributed by atoms with van der Waals surface area (Å²) in [5.41, 5.74) is 11.6. The second-order valence-corrected chi connectivity index (χ2v) is 12.8. The Labute approximate surface area is 284 Å². The van der Waals surface area contributed by atoms with Gasteiger partial charge < -0.3 is 4.42 Å². The molecule has 0 spiro atoms. The van der Waals surface area contributed by atoms with Crippen molar-refractivity contribution in [2.45, 2.75) is 0 Å². The van der Waals surface area contributed by atoms with E-state index in [1.54, 1.807) is 0 Å². The molecule has 0 amide bonds. The van der Waals surface area contributed by atoms with E-state index in [9.17, 15) is 0 Å². The molecule has 10 aromatic rings. The van der Waals surface area contributed by atoms with Crippen LogP contribution in [-0.2, 0) is 0 Å². The van der Waals surface area contributed by atoms with E-state index in [0.29, 0.717) is 0 Å². The van der Waals surface area contributed by atoms with Gasteiger partial charge >= 0.3 is 0 Å². The molecule has 0 atom stereocenters. The van der Waals surface area contributed by atoms with E-state index in [2.05, 4.69) is 182 Å². The standard InChI is InChI=1S/C48H30O/c1-2-11-31(12-3-1)32-21-23-34(24-22-32)46-39-17-6-8-19-41(39)47(42-20-9-7-18-40(42)46)37-15-10-14-35(29-37)36-26-28-45-44(30-36)43-27-25-33-13-4-5-16-38(33)48(43)49-45/h1-30H. The zero-order valence-electron chi connectivity index (χ0n) is 26.7. The maximum Gasteiger partial charge on any atom is 0.143 e. The molecule has 49 heavy (non-hydrogen) atoms. The van der Waals surface area contributed by atoms with Crippen molar-refractivity contribution < 1.29 is 4.42 Å². The topological polar surface area (TPSA) is 13.1 Å². The highest BCUT2D eigenvalue weighted by Crippen LogP contribution is 2.45. The fraction of sp³-hybridized carbons (Fsp3) is 0. The first kappa shape index (κ1) is 27.7. The molecule has 1 nitrogen and oxygen atoms in total. The highest BCUT2D eigenvalue weighted by Gasteiger charge is 2.17. The van der Waals surface area contributed by atoms with Gasteiger partial charge in [-0.2, -0.15) is 0 Å². The highest BCUT2D eigenvalue weighted by molar-refractivity contribution is 6.21. The molecule has 0 aliphatic heterocycles. The number of fused-ring (bicyclic) bond motifs is 7. The lowest BCUT2D eigenvalue weighted by molar-refractivity contribution is 0.672. The first-order valence-corrected chi connectivity index (χ1v) is 16.8. The summed E-state index contributed by atoms with van der Waals surface area (Å²) in [6, 6.07) is 65.8. The van der Waals surface area contributed by atoms with Crippen molar-refractivity contribution in [3.05, 3.63) is 182 Å². The van der Waals surface area contributed by atoms with Crippen molar-refractivity contribution >= 4 is 54.3 Å². The molecule has 1 aromatic heterocycles. The predicted molar refractivity (Wildman–Crippen MR) is 208 cm³/mol. The average molecular weight is 623 g/mol. The molecule has 9 aromatic carbocycles. The van der Waals surface area contributed by atoms with Crippen molar-refractivity contribution in [1.82, 2.24) is 0 Å². The average Bonchev–Trinajstić information content (AvgIpc) is 3.56. The Morgan fingerprint density at radius 1 is 0.265 bits per heavy atom. The lowest BCUT2D eigenvalue weighted by Gasteiger charge is -2.18. The minimum Gasteiger partial charge on any atom is -0.455 e. The molecule has 0 bridgehead atoms. The van der Waals surface area contributed by atoms with Crippen LogP contribution in [-0.4, -0.2) is 0 Å². The fourth-order valence-corrected chi connectivity index (χ4v) is 7.75. The maximum absolute atomic E-state index is 6.42. The van der Waals surface area contributed by atoms with Crippen LogP contribution in [0.2, 0.25) is 0 Å². The summed E-state index contributed by atoms with van der Waals surface area (Å²) < 4.78 is 6.42. The van der Waals surface area contributed by atoms with Crippen molar-refractivity contribution in [3.8, 4) is 44.5 Å². The number of benzene rings is 9. The zero-order chi connectivity index (χ0) is 32.3. The van der Waals surface area contributed by atoms with E-state index < -0.39 is 0 Å². The van der Waals surface area contributed by atoms with Crippen LogP contribution in [0.3, 0.4) is 0 Å². The van der Waals surface area contributed by atoms with Gasteiger partial charge in [-0.25, -0.2) is 0 Å². The summed E-state index contributed by atoms with van der Waals surface area (Å²) in [5.74, 6) is 0. The fourth-order valence-electron chi connectivity index (χ4n) is 7.75. The Bertz CT molecular complexity index is 2800. The van der Waals surface area contributed by atoms with E-state index >= 15 is 0 Å². The smallest absolute Gasteiger partial charge is 0.143 e. The number of hydrogen-bond donors (Lipinski definition) is 0. The molecule has 228 valence electrons. The molecule has 1 heterocycles. The minimum absolute atomic E-state index is 0.913. The summed E-state index contributed by atoms with van der Waals surface area (Å²) in [7, 11) is 0. The van der Waals surface area contributed by atoms with Crippen LogP contribution in [0.1, 0.15) is 0 Å². The SMILES string of the molecule is c1ccc(-c2ccc(-c3c4ccccc4c(-c4cccc(-c5ccc6oc7c8ccccc8ccc7c6c5)c4)c4ccccc34)cc2)cc1. The molecule has 0 aliphatic rings. The van der Waals surface area contributed by atoms with Crippen LogP contribution >= 0.6 is 0 Å². The van der Waals surface area contributed by atoms with Crippen molar-refractivity contribution in [1.29, 1.82) is 0 Å². The van der Waals surface area contributed by atoms with E-state index in [1.165, 1.54) is 71.4 Å². The maximum atomic E-state index is 6.42. The summed E-state index contributed by atoms with van der Waals surface area (Å²) in [5, 5.41) is 9.65. The Balaban J connectivity index is 1.14. The van der Waals surface area contributed by atoms with Crippen molar-refractivity contribution in [2.24, 2.45) is 0 Å². The normalized spacial score (nSPS) is 11.7. The van der Waals surface area contributed by atoms with Crippen LogP contribution in [0.15, 0.2) is 186 Å². The number of furan rings is 1. The second-order valence-electron chi connectivity index (χ2n) is 12.8. The molecule has 0 saturated heterocycles. The number of rotatable bonds is 4. The molecule has 0 fully saturated rings. The van der Waals surface area contributed by atoms with Crippen LogP contribution in [0.5, 0.6) is 0 Å². The third-order valence-electron chi connectivity index (χ3n) is 10.1. The van der Waals surface area contributed by atoms with Gasteiger partial charge in [0.05, 0.1) is 0 Å². The lowest BCUT2D eigenvalue weighted by atomic mass is 9.85. The van der Waals surface area contributed by atoms with Gasteiger partial charge in [-0.15, -0.1) is 0 Å². The Morgan fingerprint density at radius 2 is 0.776 bits per heavy atom. The molecule has 0 N–H and O–H groups in total. The molecule has 10 rings (SSSR count). The van der Waals surface area contributed by atoms with E-state index in [0.717, 1.165) is 27.3 Å². The quantitative estimate of drug-likeness (QED) is 0.178. The third kappa shape index (κ3) is 4.47. The summed E-state index contributed by atoms with van der Waals surface area (Å²) in [6.07, 6.45) is 0. The Hall–Kier alpha value is -6.44. The molecule has 0 radical (unpaired) electrons. The Kier molecular flexibility index (Phi) is 6.25. The van der Waals surface area contributed by atoms with Gasteiger partial charge in [-0.3, -0.25) is 0 Å².